The second-order valence-electron chi connectivity index (χ2n) is 5.28. The van der Waals surface area contributed by atoms with Gasteiger partial charge in [-0.15, -0.1) is 0 Å². The number of halogens is 1. The Morgan fingerprint density at radius 3 is 2.23 bits per heavy atom. The third kappa shape index (κ3) is 3.94. The number of nitrogens with two attached hydrogens (primary N) is 2. The van der Waals surface area contributed by atoms with Crippen LogP contribution >= 0.6 is 0 Å². The second kappa shape index (κ2) is 7.32. The van der Waals surface area contributed by atoms with E-state index in [-0.39, 0.29) is 5.95 Å². The topological polar surface area (TPSA) is 98.1 Å². The number of primary amides is 1. The van der Waals surface area contributed by atoms with Gasteiger partial charge < -0.3 is 11.5 Å². The lowest BCUT2D eigenvalue weighted by molar-refractivity contribution is 0.256. The van der Waals surface area contributed by atoms with Crippen LogP contribution in [0, 0.1) is 17.7 Å². The molecule has 0 radical (unpaired) electrons. The van der Waals surface area contributed by atoms with Gasteiger partial charge in [0.2, 0.25) is 5.95 Å². The number of nitrogen functional groups attached to an aromatic ring is 1. The number of aromatic nitrogens is 2. The molecule has 0 spiro atoms. The van der Waals surface area contributed by atoms with Crippen molar-refractivity contribution in [3.05, 3.63) is 77.9 Å². The molecule has 3 aromatic rings. The van der Waals surface area contributed by atoms with Crippen LogP contribution in [-0.4, -0.2) is 16.0 Å². The fourth-order valence-corrected chi connectivity index (χ4v) is 2.29. The molecule has 0 saturated heterocycles. The van der Waals surface area contributed by atoms with Gasteiger partial charge in [-0.2, -0.15) is 0 Å². The van der Waals surface area contributed by atoms with Crippen LogP contribution in [0.1, 0.15) is 11.1 Å². The molecule has 0 saturated carbocycles. The molecule has 2 aromatic carbocycles. The highest BCUT2D eigenvalue weighted by molar-refractivity contribution is 5.98. The summed E-state index contributed by atoms with van der Waals surface area (Å²) in [6, 6.07) is 11.8. The van der Waals surface area contributed by atoms with Crippen LogP contribution in [0.25, 0.3) is 0 Å². The van der Waals surface area contributed by atoms with Crippen molar-refractivity contribution in [1.29, 1.82) is 0 Å². The summed E-state index contributed by atoms with van der Waals surface area (Å²) in [5.74, 6) is 5.57. The number of hydrogen-bond donors (Lipinski definition) is 2. The summed E-state index contributed by atoms with van der Waals surface area (Å²) >= 11 is 0. The smallest absolute Gasteiger partial charge is 0.323 e. The zero-order valence-corrected chi connectivity index (χ0v) is 13.6. The molecule has 0 fully saturated rings. The molecule has 0 unspecified atom stereocenters. The molecule has 0 aliphatic rings. The molecule has 26 heavy (non-hydrogen) atoms. The number of hydrogen-bond acceptors (Lipinski definition) is 4. The van der Waals surface area contributed by atoms with E-state index in [0.717, 1.165) is 0 Å². The fourth-order valence-electron chi connectivity index (χ4n) is 2.29. The summed E-state index contributed by atoms with van der Waals surface area (Å²) in [4.78, 5) is 20.8. The maximum Gasteiger partial charge on any atom is 0.323 e. The average Bonchev–Trinajstić information content (AvgIpc) is 2.62. The lowest BCUT2D eigenvalue weighted by atomic mass is 10.1. The van der Waals surface area contributed by atoms with Crippen molar-refractivity contribution in [2.24, 2.45) is 5.73 Å². The number of amides is 2. The minimum Gasteiger partial charge on any atom is -0.368 e. The fraction of sp³-hybridized carbons (Fsp3) is 0. The number of rotatable bonds is 2. The highest BCUT2D eigenvalue weighted by atomic mass is 19.1. The Kier molecular flexibility index (Phi) is 4.76. The first kappa shape index (κ1) is 16.9. The second-order valence-corrected chi connectivity index (χ2v) is 5.28. The van der Waals surface area contributed by atoms with Crippen LogP contribution in [0.4, 0.5) is 26.5 Å². The molecule has 7 heteroatoms. The number of urea groups is 1. The lowest BCUT2D eigenvalue weighted by Crippen LogP contribution is -2.31. The minimum absolute atomic E-state index is 0.171. The molecule has 1 aromatic heterocycles. The minimum atomic E-state index is -0.729. The zero-order chi connectivity index (χ0) is 18.5. The third-order valence-corrected chi connectivity index (χ3v) is 3.41. The van der Waals surface area contributed by atoms with E-state index in [1.54, 1.807) is 30.3 Å². The molecular weight excluding hydrogens is 333 g/mol. The molecule has 1 heterocycles. The summed E-state index contributed by atoms with van der Waals surface area (Å²) < 4.78 is 13.5. The normalized spacial score (nSPS) is 9.88. The Balaban J connectivity index is 1.95. The molecule has 0 bridgehead atoms. The standard InChI is InChI=1S/C19H14FN5O/c20-15-4-2-6-17(10-15)25(19(22)26)16-5-1-3-13(9-16)7-8-14-11-23-18(21)24-12-14/h1-6,9-12H,(H2,22,26)(H2,21,23,24). The molecule has 128 valence electrons. The molecule has 3 rings (SSSR count). The Labute approximate surface area is 149 Å². The first-order valence-corrected chi connectivity index (χ1v) is 7.57. The first-order valence-electron chi connectivity index (χ1n) is 7.57. The van der Waals surface area contributed by atoms with Gasteiger partial charge in [0.05, 0.1) is 16.9 Å². The highest BCUT2D eigenvalue weighted by Crippen LogP contribution is 2.26. The Bertz CT molecular complexity index is 1010. The number of nitrogens with zero attached hydrogens (tertiary/aromatic N) is 3. The van der Waals surface area contributed by atoms with Crippen molar-refractivity contribution in [1.82, 2.24) is 9.97 Å². The monoisotopic (exact) mass is 347 g/mol. The van der Waals surface area contributed by atoms with E-state index in [2.05, 4.69) is 21.8 Å². The number of carbonyl (C=O) groups is 1. The van der Waals surface area contributed by atoms with Gasteiger partial charge in [0.25, 0.3) is 0 Å². The van der Waals surface area contributed by atoms with Gasteiger partial charge in [0, 0.05) is 18.0 Å². The summed E-state index contributed by atoms with van der Waals surface area (Å²) in [5.41, 5.74) is 13.0. The van der Waals surface area contributed by atoms with E-state index < -0.39 is 11.8 Å². The van der Waals surface area contributed by atoms with Crippen molar-refractivity contribution < 1.29 is 9.18 Å². The van der Waals surface area contributed by atoms with Crippen LogP contribution in [0.5, 0.6) is 0 Å². The number of benzene rings is 2. The van der Waals surface area contributed by atoms with Crippen LogP contribution in [0.2, 0.25) is 0 Å². The van der Waals surface area contributed by atoms with Gasteiger partial charge in [0.15, 0.2) is 0 Å². The lowest BCUT2D eigenvalue weighted by Gasteiger charge is -2.20. The van der Waals surface area contributed by atoms with Gasteiger partial charge >= 0.3 is 6.03 Å². The Morgan fingerprint density at radius 1 is 0.962 bits per heavy atom. The van der Waals surface area contributed by atoms with Gasteiger partial charge in [-0.3, -0.25) is 4.90 Å². The van der Waals surface area contributed by atoms with Crippen molar-refractivity contribution >= 4 is 23.4 Å². The van der Waals surface area contributed by atoms with E-state index in [0.29, 0.717) is 22.5 Å². The Hall–Kier alpha value is -3.92. The largest absolute Gasteiger partial charge is 0.368 e. The quantitative estimate of drug-likeness (QED) is 0.697. The highest BCUT2D eigenvalue weighted by Gasteiger charge is 2.15. The van der Waals surface area contributed by atoms with Gasteiger partial charge in [-0.25, -0.2) is 19.2 Å². The van der Waals surface area contributed by atoms with E-state index in [9.17, 15) is 9.18 Å². The predicted molar refractivity (Wildman–Crippen MR) is 97.0 cm³/mol. The molecule has 6 nitrogen and oxygen atoms in total. The third-order valence-electron chi connectivity index (χ3n) is 3.41. The number of anilines is 3. The van der Waals surface area contributed by atoms with Gasteiger partial charge in [0.1, 0.15) is 5.82 Å². The van der Waals surface area contributed by atoms with Crippen LogP contribution in [0.15, 0.2) is 60.9 Å². The van der Waals surface area contributed by atoms with Gasteiger partial charge in [-0.1, -0.05) is 24.0 Å². The van der Waals surface area contributed by atoms with Crippen molar-refractivity contribution in [2.75, 3.05) is 10.6 Å². The molecule has 2 amide bonds. The van der Waals surface area contributed by atoms with Crippen LogP contribution in [0.3, 0.4) is 0 Å². The summed E-state index contributed by atoms with van der Waals surface area (Å²) in [5, 5.41) is 0. The molecule has 0 aliphatic carbocycles. The molecule has 4 N–H and O–H groups in total. The molecule has 0 atom stereocenters. The van der Waals surface area contributed by atoms with Gasteiger partial charge in [-0.05, 0) is 36.4 Å². The molecule has 0 aliphatic heterocycles. The van der Waals surface area contributed by atoms with E-state index in [1.807, 2.05) is 0 Å². The van der Waals surface area contributed by atoms with Crippen molar-refractivity contribution in [3.63, 3.8) is 0 Å². The van der Waals surface area contributed by atoms with E-state index >= 15 is 0 Å². The summed E-state index contributed by atoms with van der Waals surface area (Å²) in [6.07, 6.45) is 3.03. The predicted octanol–water partition coefficient (Wildman–Crippen LogP) is 2.81. The summed E-state index contributed by atoms with van der Waals surface area (Å²) in [6.45, 7) is 0. The van der Waals surface area contributed by atoms with Crippen molar-refractivity contribution in [3.8, 4) is 11.8 Å². The maximum absolute atomic E-state index is 13.5. The average molecular weight is 347 g/mol. The van der Waals surface area contributed by atoms with E-state index in [4.69, 9.17) is 11.5 Å². The number of carbonyl (C=O) groups excluding carboxylic acids is 1. The zero-order valence-electron chi connectivity index (χ0n) is 13.6. The molecular formula is C19H14FN5O. The van der Waals surface area contributed by atoms with E-state index in [1.165, 1.54) is 35.5 Å². The van der Waals surface area contributed by atoms with Crippen LogP contribution < -0.4 is 16.4 Å². The first-order chi connectivity index (χ1) is 12.5. The Morgan fingerprint density at radius 2 is 1.58 bits per heavy atom. The summed E-state index contributed by atoms with van der Waals surface area (Å²) in [7, 11) is 0. The van der Waals surface area contributed by atoms with Crippen molar-refractivity contribution in [2.45, 2.75) is 0 Å². The SMILES string of the molecule is NC(=O)N(c1cccc(F)c1)c1cccc(C#Cc2cnc(N)nc2)c1. The van der Waals surface area contributed by atoms with Crippen LogP contribution in [-0.2, 0) is 0 Å². The maximum atomic E-state index is 13.5.